The van der Waals surface area contributed by atoms with Gasteiger partial charge in [-0.3, -0.25) is 0 Å². The molecule has 2 nitrogen and oxygen atoms in total. The summed E-state index contributed by atoms with van der Waals surface area (Å²) in [6, 6.07) is 18.9. The highest BCUT2D eigenvalue weighted by atomic mass is 28.3. The van der Waals surface area contributed by atoms with Gasteiger partial charge in [0.2, 0.25) is 0 Å². The molecule has 0 radical (unpaired) electrons. The third-order valence-electron chi connectivity index (χ3n) is 12.0. The summed E-state index contributed by atoms with van der Waals surface area (Å²) >= 11 is 0. The molecule has 0 aromatic heterocycles. The minimum Gasteiger partial charge on any atom is -0.367 e. The van der Waals surface area contributed by atoms with Gasteiger partial charge in [-0.15, -0.1) is 11.1 Å². The first-order valence-electron chi connectivity index (χ1n) is 21.7. The SMILES string of the molecule is CC(C)N(c1ccc(C#CC(C#Cc2ccc(N(C(C)C)C(C)C)cc2)=C(C#C[Si](C(C)C)(C(C)C)C(C)C)C#C[Si](C(C)C)(C(C)C)C(C)C)cc1)C(C)C. The van der Waals surface area contributed by atoms with Crippen LogP contribution in [0.5, 0.6) is 0 Å². The van der Waals surface area contributed by atoms with Gasteiger partial charge in [0, 0.05) is 46.7 Å². The summed E-state index contributed by atoms with van der Waals surface area (Å²) in [4.78, 5) is 4.87. The molecule has 0 amide bonds. The monoisotopic (exact) mass is 787 g/mol. The van der Waals surface area contributed by atoms with Crippen LogP contribution in [0.3, 0.4) is 0 Å². The van der Waals surface area contributed by atoms with Gasteiger partial charge in [0.1, 0.15) is 16.1 Å². The molecule has 0 atom stereocenters. The van der Waals surface area contributed by atoms with Crippen molar-refractivity contribution in [2.24, 2.45) is 0 Å². The lowest BCUT2D eigenvalue weighted by atomic mass is 10.1. The number of hydrogen-bond donors (Lipinski definition) is 0. The summed E-state index contributed by atoms with van der Waals surface area (Å²) < 4.78 is 0. The number of anilines is 2. The van der Waals surface area contributed by atoms with Crippen molar-refractivity contribution in [1.29, 1.82) is 0 Å². The number of rotatable bonds is 12. The van der Waals surface area contributed by atoms with E-state index in [9.17, 15) is 0 Å². The lowest BCUT2D eigenvalue weighted by Crippen LogP contribution is -2.43. The molecule has 304 valence electrons. The first kappa shape index (κ1) is 48.6. The highest BCUT2D eigenvalue weighted by Gasteiger charge is 2.43. The smallest absolute Gasteiger partial charge is 0.146 e. The third kappa shape index (κ3) is 11.8. The van der Waals surface area contributed by atoms with Gasteiger partial charge in [0.15, 0.2) is 0 Å². The van der Waals surface area contributed by atoms with Crippen LogP contribution in [0.25, 0.3) is 0 Å². The van der Waals surface area contributed by atoms with Gasteiger partial charge in [0.25, 0.3) is 0 Å². The van der Waals surface area contributed by atoms with E-state index in [2.05, 4.69) is 243 Å². The van der Waals surface area contributed by atoms with Crippen molar-refractivity contribution in [3.8, 4) is 46.6 Å². The van der Waals surface area contributed by atoms with Gasteiger partial charge >= 0.3 is 0 Å². The van der Waals surface area contributed by atoms with Crippen molar-refractivity contribution < 1.29 is 0 Å². The van der Waals surface area contributed by atoms with E-state index < -0.39 is 16.1 Å². The number of benzene rings is 2. The van der Waals surface area contributed by atoms with Gasteiger partial charge in [-0.1, -0.05) is 119 Å². The van der Waals surface area contributed by atoms with Gasteiger partial charge < -0.3 is 9.80 Å². The first-order chi connectivity index (χ1) is 26.0. The van der Waals surface area contributed by atoms with Crippen molar-refractivity contribution in [2.45, 2.75) is 196 Å². The molecule has 0 N–H and O–H groups in total. The summed E-state index contributed by atoms with van der Waals surface area (Å²) in [7, 11) is -4.16. The van der Waals surface area contributed by atoms with E-state index in [1.165, 1.54) is 11.4 Å². The van der Waals surface area contributed by atoms with Crippen molar-refractivity contribution in [1.82, 2.24) is 0 Å². The Kier molecular flexibility index (Phi) is 18.5. The highest BCUT2D eigenvalue weighted by molar-refractivity contribution is 6.91. The fourth-order valence-electron chi connectivity index (χ4n) is 9.61. The molecular formula is C52H78N2Si2. The maximum Gasteiger partial charge on any atom is 0.146 e. The van der Waals surface area contributed by atoms with Crippen LogP contribution in [0.1, 0.15) is 150 Å². The van der Waals surface area contributed by atoms with Crippen molar-refractivity contribution in [3.05, 3.63) is 70.8 Å². The second-order valence-electron chi connectivity index (χ2n) is 18.8. The number of allylic oxidation sites excluding steroid dienone is 2. The van der Waals surface area contributed by atoms with Crippen LogP contribution in [0, 0.1) is 46.6 Å². The lowest BCUT2D eigenvalue weighted by molar-refractivity contribution is 0.608. The molecule has 0 heterocycles. The van der Waals surface area contributed by atoms with Crippen LogP contribution in [-0.2, 0) is 0 Å². The lowest BCUT2D eigenvalue weighted by Gasteiger charge is -2.38. The standard InChI is InChI=1S/C52H78N2Si2/c1-37(2)53(38(3)4)51-29-23-47(24-30-51)21-27-49(28-22-48-25-31-52(32-26-48)54(39(5)6)40(7)8)50(33-35-55(41(9)10,42(11)12)43(13)14)34-36-56(44(15)16,45(17)18)46(19)20/h23-26,29-32,37-46H,1-20H3. The van der Waals surface area contributed by atoms with Crippen molar-refractivity contribution in [3.63, 3.8) is 0 Å². The van der Waals surface area contributed by atoms with Crippen LogP contribution >= 0.6 is 0 Å². The maximum absolute atomic E-state index is 4.01. The molecule has 0 aliphatic heterocycles. The molecule has 0 fully saturated rings. The fourth-order valence-corrected chi connectivity index (χ4v) is 20.0. The number of hydrogen-bond acceptors (Lipinski definition) is 2. The highest BCUT2D eigenvalue weighted by Crippen LogP contribution is 2.42. The predicted molar refractivity (Wildman–Crippen MR) is 257 cm³/mol. The molecule has 0 aliphatic rings. The summed E-state index contributed by atoms with van der Waals surface area (Å²) in [5, 5.41) is 0. The molecular weight excluding hydrogens is 709 g/mol. The largest absolute Gasteiger partial charge is 0.367 e. The van der Waals surface area contributed by atoms with Gasteiger partial charge in [-0.25, -0.2) is 0 Å². The summed E-state index contributed by atoms with van der Waals surface area (Å²) in [6.07, 6.45) is 0. The van der Waals surface area contributed by atoms with E-state index in [4.69, 9.17) is 0 Å². The van der Waals surface area contributed by atoms with Crippen molar-refractivity contribution >= 4 is 27.5 Å². The molecule has 0 unspecified atom stereocenters. The van der Waals surface area contributed by atoms with Gasteiger partial charge in [-0.05, 0) is 137 Å². The molecule has 0 aliphatic carbocycles. The maximum atomic E-state index is 4.01. The predicted octanol–water partition coefficient (Wildman–Crippen LogP) is 14.1. The van der Waals surface area contributed by atoms with Gasteiger partial charge in [0.05, 0.1) is 11.1 Å². The Balaban J connectivity index is 3.12. The van der Waals surface area contributed by atoms with E-state index in [1.54, 1.807) is 0 Å². The van der Waals surface area contributed by atoms with Gasteiger partial charge in [-0.2, -0.15) is 0 Å². The van der Waals surface area contributed by atoms with Crippen LogP contribution < -0.4 is 9.80 Å². The molecule has 4 heteroatoms. The molecule has 0 saturated heterocycles. The Bertz CT molecular complexity index is 1640. The molecule has 0 bridgehead atoms. The van der Waals surface area contributed by atoms with Crippen LogP contribution in [0.4, 0.5) is 11.4 Å². The Morgan fingerprint density at radius 1 is 0.357 bits per heavy atom. The molecule has 2 aromatic rings. The van der Waals surface area contributed by atoms with E-state index >= 15 is 0 Å². The van der Waals surface area contributed by atoms with E-state index in [-0.39, 0.29) is 0 Å². The minimum atomic E-state index is -2.08. The average molecular weight is 787 g/mol. The van der Waals surface area contributed by atoms with Crippen LogP contribution in [-0.4, -0.2) is 40.3 Å². The molecule has 2 rings (SSSR count). The molecule has 0 saturated carbocycles. The second kappa shape index (κ2) is 21.3. The molecule has 2 aromatic carbocycles. The average Bonchev–Trinajstić information content (AvgIpc) is 3.07. The summed E-state index contributed by atoms with van der Waals surface area (Å²) in [5.41, 5.74) is 16.9. The Labute approximate surface area is 349 Å². The first-order valence-corrected chi connectivity index (χ1v) is 26.1. The zero-order valence-electron chi connectivity index (χ0n) is 39.3. The summed E-state index contributed by atoms with van der Waals surface area (Å²) in [5.74, 6) is 21.7. The fraction of sp³-hybridized carbons (Fsp3) is 0.577. The Morgan fingerprint density at radius 3 is 0.804 bits per heavy atom. The van der Waals surface area contributed by atoms with E-state index in [0.29, 0.717) is 63.0 Å². The molecule has 56 heavy (non-hydrogen) atoms. The normalized spacial score (nSPS) is 11.9. The third-order valence-corrected chi connectivity index (χ3v) is 24.6. The zero-order valence-corrected chi connectivity index (χ0v) is 41.3. The Morgan fingerprint density at radius 2 is 0.589 bits per heavy atom. The van der Waals surface area contributed by atoms with E-state index in [0.717, 1.165) is 16.7 Å². The zero-order chi connectivity index (χ0) is 42.7. The summed E-state index contributed by atoms with van der Waals surface area (Å²) in [6.45, 7) is 46.4. The second-order valence-corrected chi connectivity index (χ2v) is 30.0. The molecule has 0 spiro atoms. The van der Waals surface area contributed by atoms with Crippen molar-refractivity contribution in [2.75, 3.05) is 9.80 Å². The topological polar surface area (TPSA) is 6.48 Å². The quantitative estimate of drug-likeness (QED) is 0.156. The van der Waals surface area contributed by atoms with E-state index in [1.807, 2.05) is 0 Å². The van der Waals surface area contributed by atoms with Crippen LogP contribution in [0.2, 0.25) is 33.2 Å². The Hall–Kier alpha value is -3.55. The minimum absolute atomic E-state index is 0.403. The number of nitrogens with zero attached hydrogens (tertiary/aromatic N) is 2. The van der Waals surface area contributed by atoms with Crippen LogP contribution in [0.15, 0.2) is 59.7 Å².